The summed E-state index contributed by atoms with van der Waals surface area (Å²) in [6, 6.07) is 0.293. The van der Waals surface area contributed by atoms with E-state index in [2.05, 4.69) is 20.8 Å². The van der Waals surface area contributed by atoms with Crippen molar-refractivity contribution in [1.82, 2.24) is 4.90 Å². The maximum atomic E-state index is 12.4. The molecule has 1 rings (SSSR count). The van der Waals surface area contributed by atoms with Crippen molar-refractivity contribution in [2.24, 2.45) is 11.1 Å². The molecule has 88 valence electrons. The summed E-state index contributed by atoms with van der Waals surface area (Å²) in [6.45, 7) is 7.64. The quantitative estimate of drug-likeness (QED) is 0.755. The first-order valence-electron chi connectivity index (χ1n) is 6.08. The van der Waals surface area contributed by atoms with Gasteiger partial charge in [-0.05, 0) is 33.1 Å². The minimum absolute atomic E-state index is 0.209. The van der Waals surface area contributed by atoms with Gasteiger partial charge in [0.15, 0.2) is 0 Å². The van der Waals surface area contributed by atoms with Crippen molar-refractivity contribution in [3.05, 3.63) is 0 Å². The summed E-state index contributed by atoms with van der Waals surface area (Å²) < 4.78 is 0. The minimum Gasteiger partial charge on any atom is -0.340 e. The van der Waals surface area contributed by atoms with Crippen molar-refractivity contribution in [3.63, 3.8) is 0 Å². The Morgan fingerprint density at radius 2 is 2.07 bits per heavy atom. The molecule has 0 aromatic carbocycles. The molecule has 0 unspecified atom stereocenters. The third kappa shape index (κ3) is 2.33. The van der Waals surface area contributed by atoms with Crippen molar-refractivity contribution in [2.75, 3.05) is 13.1 Å². The molecule has 1 aliphatic rings. The standard InChI is InChI=1S/C12H24N2O/c1-4-8-14(10(2)3)11(15)12(9-13)6-5-7-12/h10H,4-9,13H2,1-3H3. The Labute approximate surface area is 93.0 Å². The van der Waals surface area contributed by atoms with Crippen LogP contribution in [0.4, 0.5) is 0 Å². The predicted octanol–water partition coefficient (Wildman–Crippen LogP) is 1.76. The fraction of sp³-hybridized carbons (Fsp3) is 0.917. The van der Waals surface area contributed by atoms with E-state index >= 15 is 0 Å². The third-order valence-electron chi connectivity index (χ3n) is 3.50. The largest absolute Gasteiger partial charge is 0.340 e. The van der Waals surface area contributed by atoms with E-state index in [1.165, 1.54) is 0 Å². The van der Waals surface area contributed by atoms with E-state index in [9.17, 15) is 4.79 Å². The van der Waals surface area contributed by atoms with Gasteiger partial charge in [0, 0.05) is 19.1 Å². The maximum absolute atomic E-state index is 12.4. The van der Waals surface area contributed by atoms with Crippen LogP contribution in [0.2, 0.25) is 0 Å². The molecule has 3 nitrogen and oxygen atoms in total. The first kappa shape index (κ1) is 12.5. The lowest BCUT2D eigenvalue weighted by atomic mass is 9.67. The zero-order valence-electron chi connectivity index (χ0n) is 10.3. The van der Waals surface area contributed by atoms with Crippen LogP contribution in [0, 0.1) is 5.41 Å². The Morgan fingerprint density at radius 3 is 2.33 bits per heavy atom. The highest BCUT2D eigenvalue weighted by Crippen LogP contribution is 2.41. The van der Waals surface area contributed by atoms with Gasteiger partial charge in [0.25, 0.3) is 0 Å². The summed E-state index contributed by atoms with van der Waals surface area (Å²) in [5.41, 5.74) is 5.55. The molecule has 3 heteroatoms. The molecule has 15 heavy (non-hydrogen) atoms. The fourth-order valence-corrected chi connectivity index (χ4v) is 2.25. The van der Waals surface area contributed by atoms with Gasteiger partial charge in [-0.15, -0.1) is 0 Å². The molecule has 0 bridgehead atoms. The van der Waals surface area contributed by atoms with Gasteiger partial charge in [-0.25, -0.2) is 0 Å². The van der Waals surface area contributed by atoms with E-state index in [1.54, 1.807) is 0 Å². The van der Waals surface area contributed by atoms with Gasteiger partial charge in [0.1, 0.15) is 0 Å². The lowest BCUT2D eigenvalue weighted by Crippen LogP contribution is -2.53. The van der Waals surface area contributed by atoms with Gasteiger partial charge in [-0.1, -0.05) is 13.3 Å². The molecule has 0 aromatic rings. The molecule has 1 saturated carbocycles. The number of carbonyl (C=O) groups is 1. The predicted molar refractivity (Wildman–Crippen MR) is 62.5 cm³/mol. The zero-order valence-corrected chi connectivity index (χ0v) is 10.3. The normalized spacial score (nSPS) is 18.7. The average Bonchev–Trinajstić information content (AvgIpc) is 2.12. The van der Waals surface area contributed by atoms with Crippen LogP contribution < -0.4 is 5.73 Å². The van der Waals surface area contributed by atoms with Gasteiger partial charge >= 0.3 is 0 Å². The number of amides is 1. The molecule has 0 saturated heterocycles. The molecular formula is C12H24N2O. The van der Waals surface area contributed by atoms with Crippen molar-refractivity contribution in [2.45, 2.75) is 52.5 Å². The number of rotatable bonds is 5. The SMILES string of the molecule is CCCN(C(=O)C1(CN)CCC1)C(C)C. The van der Waals surface area contributed by atoms with Crippen LogP contribution in [0.5, 0.6) is 0 Å². The van der Waals surface area contributed by atoms with Crippen LogP contribution >= 0.6 is 0 Å². The highest BCUT2D eigenvalue weighted by Gasteiger charge is 2.45. The average molecular weight is 212 g/mol. The van der Waals surface area contributed by atoms with Crippen LogP contribution in [0.25, 0.3) is 0 Å². The van der Waals surface area contributed by atoms with Crippen molar-refractivity contribution < 1.29 is 4.79 Å². The molecule has 0 radical (unpaired) electrons. The van der Waals surface area contributed by atoms with Gasteiger partial charge < -0.3 is 10.6 Å². The highest BCUT2D eigenvalue weighted by atomic mass is 16.2. The molecule has 1 amide bonds. The second-order valence-corrected chi connectivity index (χ2v) is 4.93. The van der Waals surface area contributed by atoms with E-state index < -0.39 is 0 Å². The van der Waals surface area contributed by atoms with E-state index in [0.29, 0.717) is 12.6 Å². The Morgan fingerprint density at radius 1 is 1.47 bits per heavy atom. The summed E-state index contributed by atoms with van der Waals surface area (Å²) in [7, 11) is 0. The van der Waals surface area contributed by atoms with Gasteiger partial charge in [0.05, 0.1) is 5.41 Å². The van der Waals surface area contributed by atoms with Gasteiger partial charge in [-0.2, -0.15) is 0 Å². The minimum atomic E-state index is -0.209. The monoisotopic (exact) mass is 212 g/mol. The molecule has 0 aliphatic heterocycles. The van der Waals surface area contributed by atoms with Gasteiger partial charge in [-0.3, -0.25) is 4.79 Å². The van der Waals surface area contributed by atoms with Crippen molar-refractivity contribution in [1.29, 1.82) is 0 Å². The Hall–Kier alpha value is -0.570. The summed E-state index contributed by atoms with van der Waals surface area (Å²) in [5.74, 6) is 0.285. The lowest BCUT2D eigenvalue weighted by molar-refractivity contribution is -0.148. The van der Waals surface area contributed by atoms with Crippen LogP contribution in [0.15, 0.2) is 0 Å². The van der Waals surface area contributed by atoms with Crippen LogP contribution in [-0.2, 0) is 4.79 Å². The molecule has 1 aliphatic carbocycles. The molecule has 0 aromatic heterocycles. The Kier molecular flexibility index (Phi) is 4.14. The van der Waals surface area contributed by atoms with Crippen LogP contribution in [0.3, 0.4) is 0 Å². The molecule has 0 heterocycles. The molecule has 0 atom stereocenters. The maximum Gasteiger partial charge on any atom is 0.230 e. The number of hydrogen-bond donors (Lipinski definition) is 1. The second-order valence-electron chi connectivity index (χ2n) is 4.93. The van der Waals surface area contributed by atoms with Crippen molar-refractivity contribution >= 4 is 5.91 Å². The highest BCUT2D eigenvalue weighted by molar-refractivity contribution is 5.84. The smallest absolute Gasteiger partial charge is 0.230 e. The van der Waals surface area contributed by atoms with E-state index in [4.69, 9.17) is 5.73 Å². The Balaban J connectivity index is 2.70. The molecule has 1 fully saturated rings. The second kappa shape index (κ2) is 4.97. The topological polar surface area (TPSA) is 46.3 Å². The first-order valence-corrected chi connectivity index (χ1v) is 6.08. The first-order chi connectivity index (χ1) is 7.07. The number of hydrogen-bond acceptors (Lipinski definition) is 2. The summed E-state index contributed by atoms with van der Waals surface area (Å²) in [5, 5.41) is 0. The summed E-state index contributed by atoms with van der Waals surface area (Å²) >= 11 is 0. The molecule has 2 N–H and O–H groups in total. The lowest BCUT2D eigenvalue weighted by Gasteiger charge is -2.44. The van der Waals surface area contributed by atoms with Crippen molar-refractivity contribution in [3.8, 4) is 0 Å². The third-order valence-corrected chi connectivity index (χ3v) is 3.50. The van der Waals surface area contributed by atoms with E-state index in [-0.39, 0.29) is 11.3 Å². The number of carbonyl (C=O) groups excluding carboxylic acids is 1. The van der Waals surface area contributed by atoms with Crippen LogP contribution in [-0.4, -0.2) is 29.9 Å². The van der Waals surface area contributed by atoms with E-state index in [1.807, 2.05) is 4.90 Å². The fourth-order valence-electron chi connectivity index (χ4n) is 2.25. The van der Waals surface area contributed by atoms with Gasteiger partial charge in [0.2, 0.25) is 5.91 Å². The number of nitrogens with two attached hydrogens (primary N) is 1. The van der Waals surface area contributed by atoms with E-state index in [0.717, 1.165) is 32.2 Å². The molecular weight excluding hydrogens is 188 g/mol. The Bertz CT molecular complexity index is 216. The summed E-state index contributed by atoms with van der Waals surface area (Å²) in [6.07, 6.45) is 4.14. The number of nitrogens with zero attached hydrogens (tertiary/aromatic N) is 1. The van der Waals surface area contributed by atoms with Crippen LogP contribution in [0.1, 0.15) is 46.5 Å². The zero-order chi connectivity index (χ0) is 11.5. The molecule has 0 spiro atoms. The summed E-state index contributed by atoms with van der Waals surface area (Å²) in [4.78, 5) is 14.3.